The SMILES string of the molecule is CC(C)(O)CCc1ccc(CN2C[C@H]3CCC[C@@H](C2)C(=O)N3)cc1. The van der Waals surface area contributed by atoms with Gasteiger partial charge in [0.2, 0.25) is 5.91 Å². The third-order valence-electron chi connectivity index (χ3n) is 5.23. The second-order valence-corrected chi connectivity index (χ2v) is 8.16. The lowest BCUT2D eigenvalue weighted by Gasteiger charge is -2.27. The standard InChI is InChI=1S/C20H30N2O2/c1-20(2,24)11-10-15-6-8-16(9-7-15)12-22-13-17-4-3-5-18(14-22)21-19(17)23/h6-9,17-18,24H,3-5,10-14H2,1-2H3,(H,21,23)/t17-,18+/m0/s1. The van der Waals surface area contributed by atoms with Gasteiger partial charge in [0.25, 0.3) is 0 Å². The smallest absolute Gasteiger partial charge is 0.224 e. The molecule has 0 unspecified atom stereocenters. The number of hydrogen-bond donors (Lipinski definition) is 2. The van der Waals surface area contributed by atoms with E-state index in [9.17, 15) is 9.90 Å². The monoisotopic (exact) mass is 330 g/mol. The first-order valence-corrected chi connectivity index (χ1v) is 9.22. The quantitative estimate of drug-likeness (QED) is 0.872. The molecule has 0 aliphatic carbocycles. The third-order valence-corrected chi connectivity index (χ3v) is 5.23. The second-order valence-electron chi connectivity index (χ2n) is 8.16. The molecular formula is C20H30N2O2. The van der Waals surface area contributed by atoms with E-state index in [0.29, 0.717) is 6.04 Å². The molecule has 1 aromatic rings. The Morgan fingerprint density at radius 1 is 1.17 bits per heavy atom. The van der Waals surface area contributed by atoms with Gasteiger partial charge in [0.1, 0.15) is 0 Å². The molecule has 24 heavy (non-hydrogen) atoms. The average Bonchev–Trinajstić information content (AvgIpc) is 2.74. The third kappa shape index (κ3) is 4.81. The van der Waals surface area contributed by atoms with Gasteiger partial charge in [0.05, 0.1) is 11.5 Å². The summed E-state index contributed by atoms with van der Waals surface area (Å²) >= 11 is 0. The molecule has 2 heterocycles. The maximum Gasteiger partial charge on any atom is 0.224 e. The Balaban J connectivity index is 1.58. The van der Waals surface area contributed by atoms with Gasteiger partial charge in [0, 0.05) is 25.7 Å². The fourth-order valence-corrected chi connectivity index (χ4v) is 3.79. The van der Waals surface area contributed by atoms with Crippen molar-refractivity contribution in [2.24, 2.45) is 5.92 Å². The number of amides is 1. The van der Waals surface area contributed by atoms with Crippen molar-refractivity contribution in [1.29, 1.82) is 0 Å². The lowest BCUT2D eigenvalue weighted by Crippen LogP contribution is -2.38. The summed E-state index contributed by atoms with van der Waals surface area (Å²) < 4.78 is 0. The van der Waals surface area contributed by atoms with Crippen LogP contribution in [0.1, 0.15) is 50.7 Å². The number of carbonyl (C=O) groups excluding carboxylic acids is 1. The minimum atomic E-state index is -0.609. The van der Waals surface area contributed by atoms with E-state index in [1.54, 1.807) is 0 Å². The topological polar surface area (TPSA) is 52.6 Å². The molecule has 0 radical (unpaired) electrons. The van der Waals surface area contributed by atoms with Gasteiger partial charge >= 0.3 is 0 Å². The molecule has 2 fully saturated rings. The second kappa shape index (κ2) is 7.24. The van der Waals surface area contributed by atoms with E-state index in [1.807, 2.05) is 13.8 Å². The van der Waals surface area contributed by atoms with Crippen LogP contribution in [0.25, 0.3) is 0 Å². The lowest BCUT2D eigenvalue weighted by molar-refractivity contribution is -0.124. The minimum absolute atomic E-state index is 0.156. The first-order chi connectivity index (χ1) is 11.4. The zero-order valence-electron chi connectivity index (χ0n) is 14.9. The lowest BCUT2D eigenvalue weighted by atomic mass is 9.97. The Kier molecular flexibility index (Phi) is 5.26. The first kappa shape index (κ1) is 17.4. The fourth-order valence-electron chi connectivity index (χ4n) is 3.79. The first-order valence-electron chi connectivity index (χ1n) is 9.22. The van der Waals surface area contributed by atoms with E-state index in [4.69, 9.17) is 0 Å². The van der Waals surface area contributed by atoms with Gasteiger partial charge in [0.15, 0.2) is 0 Å². The van der Waals surface area contributed by atoms with Crippen LogP contribution >= 0.6 is 0 Å². The van der Waals surface area contributed by atoms with Crippen LogP contribution in [0.2, 0.25) is 0 Å². The number of nitrogens with one attached hydrogen (secondary N) is 1. The highest BCUT2D eigenvalue weighted by molar-refractivity contribution is 5.79. The average molecular weight is 330 g/mol. The summed E-state index contributed by atoms with van der Waals surface area (Å²) in [5, 5.41) is 13.0. The van der Waals surface area contributed by atoms with Crippen LogP contribution in [0.15, 0.2) is 24.3 Å². The normalized spacial score (nSPS) is 25.2. The maximum absolute atomic E-state index is 12.1. The molecule has 2 atom stereocenters. The zero-order chi connectivity index (χ0) is 17.2. The van der Waals surface area contributed by atoms with Gasteiger partial charge in [-0.2, -0.15) is 0 Å². The van der Waals surface area contributed by atoms with Gasteiger partial charge in [-0.25, -0.2) is 0 Å². The molecule has 1 aromatic carbocycles. The molecule has 2 bridgehead atoms. The highest BCUT2D eigenvalue weighted by Crippen LogP contribution is 2.23. The largest absolute Gasteiger partial charge is 0.390 e. The van der Waals surface area contributed by atoms with Gasteiger partial charge < -0.3 is 10.4 Å². The zero-order valence-corrected chi connectivity index (χ0v) is 14.9. The van der Waals surface area contributed by atoms with Crippen molar-refractivity contribution in [3.8, 4) is 0 Å². The molecule has 1 amide bonds. The number of aryl methyl sites for hydroxylation is 1. The summed E-state index contributed by atoms with van der Waals surface area (Å²) in [7, 11) is 0. The van der Waals surface area contributed by atoms with Crippen LogP contribution in [-0.2, 0) is 17.8 Å². The summed E-state index contributed by atoms with van der Waals surface area (Å²) in [4.78, 5) is 14.6. The Hall–Kier alpha value is -1.39. The summed E-state index contributed by atoms with van der Waals surface area (Å²) in [5.41, 5.74) is 1.96. The van der Waals surface area contributed by atoms with Gasteiger partial charge in [-0.1, -0.05) is 30.7 Å². The van der Waals surface area contributed by atoms with Crippen LogP contribution in [0, 0.1) is 5.92 Å². The summed E-state index contributed by atoms with van der Waals surface area (Å²) in [6.07, 6.45) is 4.97. The van der Waals surface area contributed by atoms with Crippen molar-refractivity contribution in [3.63, 3.8) is 0 Å². The molecule has 3 rings (SSSR count). The highest BCUT2D eigenvalue weighted by atomic mass is 16.3. The van der Waals surface area contributed by atoms with Crippen molar-refractivity contribution < 1.29 is 9.90 Å². The molecule has 0 aromatic heterocycles. The Morgan fingerprint density at radius 3 is 2.58 bits per heavy atom. The van der Waals surface area contributed by atoms with Crippen molar-refractivity contribution in [2.75, 3.05) is 13.1 Å². The van der Waals surface area contributed by atoms with Crippen molar-refractivity contribution in [2.45, 2.75) is 64.1 Å². The predicted octanol–water partition coefficient (Wildman–Crippen LogP) is 2.49. The summed E-state index contributed by atoms with van der Waals surface area (Å²) in [6.45, 7) is 6.46. The highest BCUT2D eigenvalue weighted by Gasteiger charge is 2.32. The Labute approximate surface area is 145 Å². The Morgan fingerprint density at radius 2 is 1.88 bits per heavy atom. The molecule has 2 aliphatic rings. The molecule has 0 spiro atoms. The van der Waals surface area contributed by atoms with Crippen LogP contribution in [0.3, 0.4) is 0 Å². The van der Waals surface area contributed by atoms with E-state index in [-0.39, 0.29) is 11.8 Å². The molecular weight excluding hydrogens is 300 g/mol. The number of hydrogen-bond acceptors (Lipinski definition) is 3. The number of benzene rings is 1. The predicted molar refractivity (Wildman–Crippen MR) is 95.6 cm³/mol. The van der Waals surface area contributed by atoms with Gasteiger partial charge in [-0.3, -0.25) is 9.69 Å². The van der Waals surface area contributed by atoms with E-state index >= 15 is 0 Å². The van der Waals surface area contributed by atoms with E-state index in [1.165, 1.54) is 11.1 Å². The molecule has 132 valence electrons. The number of nitrogens with zero attached hydrogens (tertiary/aromatic N) is 1. The molecule has 2 N–H and O–H groups in total. The van der Waals surface area contributed by atoms with E-state index in [0.717, 1.165) is 51.7 Å². The van der Waals surface area contributed by atoms with Gasteiger partial charge in [-0.15, -0.1) is 0 Å². The van der Waals surface area contributed by atoms with Crippen LogP contribution in [0.4, 0.5) is 0 Å². The van der Waals surface area contributed by atoms with Crippen LogP contribution in [0.5, 0.6) is 0 Å². The molecule has 2 saturated heterocycles. The molecule has 0 saturated carbocycles. The molecule has 4 heteroatoms. The molecule has 2 aliphatic heterocycles. The number of rotatable bonds is 5. The fraction of sp³-hybridized carbons (Fsp3) is 0.650. The number of carbonyl (C=O) groups is 1. The number of likely N-dealkylation sites (tertiary alicyclic amines) is 1. The van der Waals surface area contributed by atoms with Crippen molar-refractivity contribution >= 4 is 5.91 Å². The van der Waals surface area contributed by atoms with Crippen LogP contribution in [-0.4, -0.2) is 40.6 Å². The van der Waals surface area contributed by atoms with E-state index in [2.05, 4.69) is 34.5 Å². The van der Waals surface area contributed by atoms with Gasteiger partial charge in [-0.05, 0) is 50.7 Å². The maximum atomic E-state index is 12.1. The van der Waals surface area contributed by atoms with Crippen LogP contribution < -0.4 is 5.32 Å². The van der Waals surface area contributed by atoms with E-state index < -0.39 is 5.60 Å². The van der Waals surface area contributed by atoms with Crippen molar-refractivity contribution in [1.82, 2.24) is 10.2 Å². The minimum Gasteiger partial charge on any atom is -0.390 e. The number of fused-ring (bicyclic) bond motifs is 3. The number of aliphatic hydroxyl groups is 1. The molecule has 4 nitrogen and oxygen atoms in total. The Bertz CT molecular complexity index is 562. The van der Waals surface area contributed by atoms with Crippen molar-refractivity contribution in [3.05, 3.63) is 35.4 Å². The summed E-state index contributed by atoms with van der Waals surface area (Å²) in [5.74, 6) is 0.408. The summed E-state index contributed by atoms with van der Waals surface area (Å²) in [6, 6.07) is 9.04.